The molecule has 35 heavy (non-hydrogen) atoms. The van der Waals surface area contributed by atoms with E-state index in [4.69, 9.17) is 4.74 Å². The molecule has 1 aliphatic rings. The number of carbonyl (C=O) groups is 1. The number of benzene rings is 3. The average Bonchev–Trinajstić information content (AvgIpc) is 3.39. The number of ether oxygens (including phenoxy) is 1. The first-order valence-corrected chi connectivity index (χ1v) is 11.5. The van der Waals surface area contributed by atoms with Gasteiger partial charge < -0.3 is 14.7 Å². The number of aryl methyl sites for hydroxylation is 2. The van der Waals surface area contributed by atoms with E-state index in [1.165, 1.54) is 6.07 Å². The molecule has 2 heterocycles. The smallest absolute Gasteiger partial charge is 0.273 e. The van der Waals surface area contributed by atoms with Crippen molar-refractivity contribution in [1.82, 2.24) is 15.1 Å². The summed E-state index contributed by atoms with van der Waals surface area (Å²) in [4.78, 5) is 15.2. The molecule has 3 aromatic carbocycles. The van der Waals surface area contributed by atoms with Crippen LogP contribution in [-0.4, -0.2) is 39.8 Å². The maximum absolute atomic E-state index is 15.1. The van der Waals surface area contributed by atoms with Gasteiger partial charge in [0, 0.05) is 23.2 Å². The van der Waals surface area contributed by atoms with Crippen molar-refractivity contribution in [3.8, 4) is 22.8 Å². The Kier molecular flexibility index (Phi) is 5.76. The Morgan fingerprint density at radius 2 is 1.86 bits per heavy atom. The predicted octanol–water partition coefficient (Wildman–Crippen LogP) is 5.33. The number of methoxy groups -OCH3 is 1. The first-order valence-electron chi connectivity index (χ1n) is 11.5. The third-order valence-corrected chi connectivity index (χ3v) is 6.56. The number of phenols is 1. The summed E-state index contributed by atoms with van der Waals surface area (Å²) in [7, 11) is 1.61. The molecule has 0 fully saturated rings. The van der Waals surface area contributed by atoms with Crippen LogP contribution in [0, 0.1) is 19.7 Å². The second-order valence-corrected chi connectivity index (χ2v) is 8.86. The quantitative estimate of drug-likeness (QED) is 0.398. The number of hydrogen-bond acceptors (Lipinski definition) is 4. The van der Waals surface area contributed by atoms with E-state index in [0.717, 1.165) is 16.9 Å². The highest BCUT2D eigenvalue weighted by atomic mass is 19.1. The minimum atomic E-state index is -0.675. The van der Waals surface area contributed by atoms with Crippen LogP contribution in [0.15, 0.2) is 60.7 Å². The molecule has 0 unspecified atom stereocenters. The molecule has 5 rings (SSSR count). The summed E-state index contributed by atoms with van der Waals surface area (Å²) in [6.45, 7) is 4.13. The van der Waals surface area contributed by atoms with Crippen molar-refractivity contribution < 1.29 is 19.0 Å². The van der Waals surface area contributed by atoms with E-state index in [1.807, 2.05) is 50.2 Å². The van der Waals surface area contributed by atoms with Gasteiger partial charge in [-0.25, -0.2) is 4.39 Å². The highest BCUT2D eigenvalue weighted by molar-refractivity contribution is 6.00. The number of rotatable bonds is 6. The fourth-order valence-corrected chi connectivity index (χ4v) is 4.84. The van der Waals surface area contributed by atoms with Crippen molar-refractivity contribution in [3.05, 3.63) is 100.0 Å². The molecule has 1 amide bonds. The van der Waals surface area contributed by atoms with Crippen LogP contribution < -0.4 is 4.74 Å². The molecule has 0 saturated heterocycles. The van der Waals surface area contributed by atoms with Gasteiger partial charge in [0.1, 0.15) is 28.7 Å². The van der Waals surface area contributed by atoms with Crippen molar-refractivity contribution >= 4 is 5.91 Å². The number of aromatic amines is 1. The molecule has 1 aliphatic heterocycles. The van der Waals surface area contributed by atoms with E-state index in [0.29, 0.717) is 46.6 Å². The number of hydrogen-bond donors (Lipinski definition) is 2. The monoisotopic (exact) mass is 471 g/mol. The zero-order valence-electron chi connectivity index (χ0n) is 19.8. The van der Waals surface area contributed by atoms with Gasteiger partial charge in [-0.1, -0.05) is 36.4 Å². The number of halogens is 1. The van der Waals surface area contributed by atoms with Crippen LogP contribution in [0.5, 0.6) is 11.5 Å². The Bertz CT molecular complexity index is 1410. The molecule has 1 aromatic heterocycles. The lowest BCUT2D eigenvalue weighted by Gasteiger charge is -2.27. The third kappa shape index (κ3) is 3.93. The summed E-state index contributed by atoms with van der Waals surface area (Å²) in [6, 6.07) is 17.2. The van der Waals surface area contributed by atoms with Crippen molar-refractivity contribution in [2.45, 2.75) is 26.3 Å². The molecule has 0 radical (unpaired) electrons. The number of nitrogens with zero attached hydrogens (tertiary/aromatic N) is 2. The SMILES string of the molecule is COc1ccc(CCN2C(=O)c3[nH]nc(-c4cc(C)cc(C)c4O)c3[C@H]2c2ccccc2F)cc1. The second-order valence-electron chi connectivity index (χ2n) is 8.86. The normalized spacial score (nSPS) is 14.9. The topological polar surface area (TPSA) is 78.5 Å². The van der Waals surface area contributed by atoms with Crippen molar-refractivity contribution in [3.63, 3.8) is 0 Å². The summed E-state index contributed by atoms with van der Waals surface area (Å²) < 4.78 is 20.3. The van der Waals surface area contributed by atoms with Crippen LogP contribution in [0.2, 0.25) is 0 Å². The fraction of sp³-hybridized carbons (Fsp3) is 0.214. The number of fused-ring (bicyclic) bond motifs is 1. The largest absolute Gasteiger partial charge is 0.507 e. The first kappa shape index (κ1) is 22.7. The second kappa shape index (κ2) is 8.91. The van der Waals surface area contributed by atoms with E-state index in [-0.39, 0.29) is 11.7 Å². The Morgan fingerprint density at radius 1 is 1.11 bits per heavy atom. The number of aromatic nitrogens is 2. The maximum Gasteiger partial charge on any atom is 0.273 e. The van der Waals surface area contributed by atoms with E-state index in [2.05, 4.69) is 10.2 Å². The lowest BCUT2D eigenvalue weighted by atomic mass is 9.93. The Hall–Kier alpha value is -4.13. The van der Waals surface area contributed by atoms with Gasteiger partial charge in [0.05, 0.1) is 13.2 Å². The van der Waals surface area contributed by atoms with Crippen LogP contribution in [0.25, 0.3) is 11.3 Å². The van der Waals surface area contributed by atoms with Gasteiger partial charge in [0.2, 0.25) is 0 Å². The molecule has 7 heteroatoms. The number of phenolic OH excluding ortho intramolecular Hbond substituents is 1. The Balaban J connectivity index is 1.59. The van der Waals surface area contributed by atoms with E-state index in [1.54, 1.807) is 30.2 Å². The van der Waals surface area contributed by atoms with Crippen LogP contribution in [0.4, 0.5) is 4.39 Å². The molecule has 0 bridgehead atoms. The van der Waals surface area contributed by atoms with Gasteiger partial charge in [0.25, 0.3) is 5.91 Å². The first-order chi connectivity index (χ1) is 16.9. The number of amides is 1. The summed E-state index contributed by atoms with van der Waals surface area (Å²) in [5.41, 5.74) is 4.96. The molecule has 6 nitrogen and oxygen atoms in total. The molecular weight excluding hydrogens is 445 g/mol. The van der Waals surface area contributed by atoms with E-state index >= 15 is 4.39 Å². The molecular formula is C28H26FN3O3. The van der Waals surface area contributed by atoms with Gasteiger partial charge in [-0.05, 0) is 61.2 Å². The summed E-state index contributed by atoms with van der Waals surface area (Å²) >= 11 is 0. The zero-order valence-corrected chi connectivity index (χ0v) is 19.8. The predicted molar refractivity (Wildman–Crippen MR) is 131 cm³/mol. The molecule has 0 saturated carbocycles. The lowest BCUT2D eigenvalue weighted by molar-refractivity contribution is 0.0744. The molecule has 1 atom stereocenters. The summed E-state index contributed by atoms with van der Waals surface area (Å²) in [6.07, 6.45) is 0.586. The van der Waals surface area contributed by atoms with Crippen LogP contribution in [0.3, 0.4) is 0 Å². The third-order valence-electron chi connectivity index (χ3n) is 6.56. The molecule has 178 valence electrons. The lowest BCUT2D eigenvalue weighted by Crippen LogP contribution is -2.32. The molecule has 2 N–H and O–H groups in total. The van der Waals surface area contributed by atoms with Gasteiger partial charge >= 0.3 is 0 Å². The maximum atomic E-state index is 15.1. The standard InChI is InChI=1S/C28H26FN3O3/c1-16-14-17(2)27(33)21(15-16)24-23-25(31-30-24)28(34)32(26(23)20-6-4-5-7-22(20)29)13-12-18-8-10-19(35-3)11-9-18/h4-11,14-15,26,33H,12-13H2,1-3H3,(H,30,31)/t26-/m1/s1. The van der Waals surface area contributed by atoms with Crippen molar-refractivity contribution in [1.29, 1.82) is 0 Å². The highest BCUT2D eigenvalue weighted by Crippen LogP contribution is 2.45. The fourth-order valence-electron chi connectivity index (χ4n) is 4.84. The minimum absolute atomic E-state index is 0.0984. The van der Waals surface area contributed by atoms with Crippen molar-refractivity contribution in [2.24, 2.45) is 0 Å². The van der Waals surface area contributed by atoms with Gasteiger partial charge in [-0.2, -0.15) is 5.10 Å². The van der Waals surface area contributed by atoms with Crippen LogP contribution >= 0.6 is 0 Å². The summed E-state index contributed by atoms with van der Waals surface area (Å²) in [5.74, 6) is 0.212. The number of nitrogens with one attached hydrogen (secondary N) is 1. The van der Waals surface area contributed by atoms with E-state index < -0.39 is 11.9 Å². The Labute approximate surface area is 203 Å². The number of H-pyrrole nitrogens is 1. The molecule has 0 spiro atoms. The molecule has 4 aromatic rings. The number of aromatic hydroxyl groups is 1. The van der Waals surface area contributed by atoms with Crippen molar-refractivity contribution in [2.75, 3.05) is 13.7 Å². The Morgan fingerprint density at radius 3 is 2.57 bits per heavy atom. The zero-order chi connectivity index (χ0) is 24.7. The molecule has 0 aliphatic carbocycles. The highest BCUT2D eigenvalue weighted by Gasteiger charge is 2.43. The summed E-state index contributed by atoms with van der Waals surface area (Å²) in [5, 5.41) is 18.1. The minimum Gasteiger partial charge on any atom is -0.507 e. The van der Waals surface area contributed by atoms with Gasteiger partial charge in [-0.15, -0.1) is 0 Å². The van der Waals surface area contributed by atoms with Gasteiger partial charge in [-0.3, -0.25) is 9.89 Å². The van der Waals surface area contributed by atoms with Crippen LogP contribution in [0.1, 0.15) is 44.3 Å². The average molecular weight is 472 g/mol. The number of carbonyl (C=O) groups excluding carboxylic acids is 1. The van der Waals surface area contributed by atoms with E-state index in [9.17, 15) is 9.90 Å². The van der Waals surface area contributed by atoms with Gasteiger partial charge in [0.15, 0.2) is 0 Å². The van der Waals surface area contributed by atoms with Crippen LogP contribution in [-0.2, 0) is 6.42 Å².